The minimum atomic E-state index is -0.179. The van der Waals surface area contributed by atoms with Crippen LogP contribution in [0.5, 0.6) is 5.75 Å². The van der Waals surface area contributed by atoms with E-state index in [1.165, 1.54) is 11.3 Å². The number of hydrogen-bond acceptors (Lipinski definition) is 4. The van der Waals surface area contributed by atoms with E-state index in [9.17, 15) is 10.2 Å². The molecule has 0 saturated carbocycles. The third kappa shape index (κ3) is 6.91. The van der Waals surface area contributed by atoms with Gasteiger partial charge in [0.25, 0.3) is 0 Å². The molecule has 4 rings (SSSR count). The van der Waals surface area contributed by atoms with E-state index in [1.54, 1.807) is 6.07 Å². The Kier molecular flexibility index (Phi) is 10.1. The van der Waals surface area contributed by atoms with E-state index in [0.717, 1.165) is 62.1 Å². The van der Waals surface area contributed by atoms with Crippen molar-refractivity contribution in [2.45, 2.75) is 78.2 Å². The number of hydrogen-bond donors (Lipinski definition) is 2. The second kappa shape index (κ2) is 13.9. The Hall–Kier alpha value is -3.41. The highest BCUT2D eigenvalue weighted by Gasteiger charge is 2.26. The maximum Gasteiger partial charge on any atom is 0.140 e. The highest BCUT2D eigenvalue weighted by molar-refractivity contribution is 5.56. The van der Waals surface area contributed by atoms with Gasteiger partial charge in [-0.25, -0.2) is 4.98 Å². The molecule has 0 aliphatic rings. The van der Waals surface area contributed by atoms with Crippen LogP contribution in [0.2, 0.25) is 0 Å². The Morgan fingerprint density at radius 2 is 1.53 bits per heavy atom. The Balaban J connectivity index is 1.78. The first-order chi connectivity index (χ1) is 18.6. The van der Waals surface area contributed by atoms with Crippen molar-refractivity contribution in [1.82, 2.24) is 14.5 Å². The summed E-state index contributed by atoms with van der Waals surface area (Å²) in [6.07, 6.45) is 7.58. The van der Waals surface area contributed by atoms with Crippen LogP contribution in [0.25, 0.3) is 11.4 Å². The van der Waals surface area contributed by atoms with Crippen LogP contribution in [-0.2, 0) is 26.2 Å². The molecule has 0 amide bonds. The standard InChI is InChI=1S/C33H41N3O2/c1-3-5-17-30(31-22-34-33(36(31)20-6-4-2)28-15-11-8-12-16-28)35(23-26-13-9-7-10-14-26)24-27-18-19-32(38)29(21-27)25-37/h7-16,18-19,21-22,30,37-38H,3-6,17,20,23-25H2,1-2H3. The van der Waals surface area contributed by atoms with Crippen LogP contribution in [0.3, 0.4) is 0 Å². The third-order valence-corrected chi connectivity index (χ3v) is 7.20. The van der Waals surface area contributed by atoms with Crippen molar-refractivity contribution in [2.75, 3.05) is 0 Å². The molecular formula is C33H41N3O2. The highest BCUT2D eigenvalue weighted by atomic mass is 16.3. The maximum absolute atomic E-state index is 10.2. The molecular weight excluding hydrogens is 470 g/mol. The zero-order chi connectivity index (χ0) is 26.7. The topological polar surface area (TPSA) is 61.5 Å². The average molecular weight is 512 g/mol. The fraction of sp³-hybridized carbons (Fsp3) is 0.364. The van der Waals surface area contributed by atoms with Crippen molar-refractivity contribution in [3.63, 3.8) is 0 Å². The van der Waals surface area contributed by atoms with Gasteiger partial charge >= 0.3 is 0 Å². The first-order valence-electron chi connectivity index (χ1n) is 13.9. The molecule has 0 saturated heterocycles. The molecule has 1 aromatic heterocycles. The monoisotopic (exact) mass is 511 g/mol. The summed E-state index contributed by atoms with van der Waals surface area (Å²) >= 11 is 0. The molecule has 0 bridgehead atoms. The lowest BCUT2D eigenvalue weighted by atomic mass is 10.0. The van der Waals surface area contributed by atoms with Crippen molar-refractivity contribution in [3.8, 4) is 17.1 Å². The maximum atomic E-state index is 10.2. The normalized spacial score (nSPS) is 12.2. The van der Waals surface area contributed by atoms with Gasteiger partial charge in [-0.1, -0.05) is 99.8 Å². The Morgan fingerprint density at radius 1 is 0.842 bits per heavy atom. The van der Waals surface area contributed by atoms with Crippen LogP contribution in [0, 0.1) is 0 Å². The lowest BCUT2D eigenvalue weighted by Gasteiger charge is -2.33. The summed E-state index contributed by atoms with van der Waals surface area (Å²) in [5.41, 5.74) is 5.30. The van der Waals surface area contributed by atoms with Crippen molar-refractivity contribution in [3.05, 3.63) is 107 Å². The summed E-state index contributed by atoms with van der Waals surface area (Å²) in [6, 6.07) is 26.9. The van der Waals surface area contributed by atoms with Gasteiger partial charge in [0.2, 0.25) is 0 Å². The third-order valence-electron chi connectivity index (χ3n) is 7.20. The molecule has 1 unspecified atom stereocenters. The van der Waals surface area contributed by atoms with Crippen molar-refractivity contribution in [2.24, 2.45) is 0 Å². The fourth-order valence-corrected chi connectivity index (χ4v) is 5.13. The molecule has 1 heterocycles. The number of phenols is 1. The van der Waals surface area contributed by atoms with E-state index < -0.39 is 0 Å². The van der Waals surface area contributed by atoms with Crippen molar-refractivity contribution >= 4 is 0 Å². The van der Waals surface area contributed by atoms with Crippen molar-refractivity contribution < 1.29 is 10.2 Å². The van der Waals surface area contributed by atoms with E-state index >= 15 is 0 Å². The number of aliphatic hydroxyl groups is 1. The molecule has 0 aliphatic carbocycles. The lowest BCUT2D eigenvalue weighted by Crippen LogP contribution is -2.30. The number of nitrogens with zero attached hydrogens (tertiary/aromatic N) is 3. The van der Waals surface area contributed by atoms with Gasteiger partial charge in [0.15, 0.2) is 0 Å². The van der Waals surface area contributed by atoms with E-state index in [4.69, 9.17) is 4.98 Å². The summed E-state index contributed by atoms with van der Waals surface area (Å²) in [7, 11) is 0. The van der Waals surface area contributed by atoms with Crippen LogP contribution >= 0.6 is 0 Å². The second-order valence-electron chi connectivity index (χ2n) is 10.0. The van der Waals surface area contributed by atoms with Gasteiger partial charge in [0.1, 0.15) is 11.6 Å². The molecule has 0 aliphatic heterocycles. The molecule has 2 N–H and O–H groups in total. The number of imidazole rings is 1. The molecule has 0 fully saturated rings. The van der Waals surface area contributed by atoms with E-state index in [0.29, 0.717) is 12.1 Å². The van der Waals surface area contributed by atoms with Gasteiger partial charge in [-0.2, -0.15) is 0 Å². The fourth-order valence-electron chi connectivity index (χ4n) is 5.13. The molecule has 4 aromatic rings. The summed E-state index contributed by atoms with van der Waals surface area (Å²) in [6.45, 7) is 6.74. The van der Waals surface area contributed by atoms with Gasteiger partial charge in [-0.3, -0.25) is 4.90 Å². The van der Waals surface area contributed by atoms with Crippen molar-refractivity contribution in [1.29, 1.82) is 0 Å². The summed E-state index contributed by atoms with van der Waals surface area (Å²) in [5.74, 6) is 1.17. The number of aliphatic hydroxyl groups excluding tert-OH is 1. The van der Waals surface area contributed by atoms with Gasteiger partial charge in [0, 0.05) is 30.8 Å². The smallest absolute Gasteiger partial charge is 0.140 e. The van der Waals surface area contributed by atoms with E-state index in [2.05, 4.69) is 84.1 Å². The summed E-state index contributed by atoms with van der Waals surface area (Å²) < 4.78 is 2.44. The zero-order valence-corrected chi connectivity index (χ0v) is 22.8. The van der Waals surface area contributed by atoms with Crippen LogP contribution in [0.1, 0.15) is 74.4 Å². The minimum absolute atomic E-state index is 0.138. The number of aromatic nitrogens is 2. The van der Waals surface area contributed by atoms with Gasteiger partial charge in [-0.05, 0) is 36.1 Å². The second-order valence-corrected chi connectivity index (χ2v) is 10.0. The molecule has 5 heteroatoms. The minimum Gasteiger partial charge on any atom is -0.508 e. The van der Waals surface area contributed by atoms with E-state index in [1.807, 2.05) is 18.2 Å². The predicted octanol–water partition coefficient (Wildman–Crippen LogP) is 7.48. The molecule has 38 heavy (non-hydrogen) atoms. The van der Waals surface area contributed by atoms with E-state index in [-0.39, 0.29) is 18.4 Å². The first kappa shape index (κ1) is 27.6. The SMILES string of the molecule is CCCCC(c1cnc(-c2ccccc2)n1CCCC)N(Cc1ccccc1)Cc1ccc(O)c(CO)c1. The lowest BCUT2D eigenvalue weighted by molar-refractivity contribution is 0.159. The number of benzene rings is 3. The Bertz CT molecular complexity index is 1250. The molecule has 1 atom stereocenters. The molecule has 5 nitrogen and oxygen atoms in total. The largest absolute Gasteiger partial charge is 0.508 e. The van der Waals surface area contributed by atoms with Gasteiger partial charge < -0.3 is 14.8 Å². The van der Waals surface area contributed by atoms with Crippen LogP contribution in [-0.4, -0.2) is 24.7 Å². The molecule has 200 valence electrons. The predicted molar refractivity (Wildman–Crippen MR) is 155 cm³/mol. The van der Waals surface area contributed by atoms with Crippen LogP contribution in [0.4, 0.5) is 0 Å². The van der Waals surface area contributed by atoms with Crippen LogP contribution in [0.15, 0.2) is 85.1 Å². The Morgan fingerprint density at radius 3 is 2.21 bits per heavy atom. The number of rotatable bonds is 14. The van der Waals surface area contributed by atoms with Gasteiger partial charge in [0.05, 0.1) is 24.5 Å². The zero-order valence-electron chi connectivity index (χ0n) is 22.8. The van der Waals surface area contributed by atoms with Crippen LogP contribution < -0.4 is 0 Å². The highest BCUT2D eigenvalue weighted by Crippen LogP contribution is 2.33. The quantitative estimate of drug-likeness (QED) is 0.184. The number of unbranched alkanes of at least 4 members (excludes halogenated alkanes) is 2. The molecule has 3 aromatic carbocycles. The molecule has 0 radical (unpaired) electrons. The summed E-state index contributed by atoms with van der Waals surface area (Å²) in [5, 5.41) is 19.9. The van der Waals surface area contributed by atoms with Gasteiger partial charge in [-0.15, -0.1) is 0 Å². The Labute approximate surface area is 227 Å². The summed E-state index contributed by atoms with van der Waals surface area (Å²) in [4.78, 5) is 7.51. The first-order valence-corrected chi connectivity index (χ1v) is 13.9. The average Bonchev–Trinajstić information content (AvgIpc) is 3.37. The molecule has 0 spiro atoms. The number of aromatic hydroxyl groups is 1.